The zero-order chi connectivity index (χ0) is 26.1. The van der Waals surface area contributed by atoms with E-state index < -0.39 is 17.8 Å². The molecule has 4 atom stereocenters. The fraction of sp³-hybridized carbons (Fsp3) is 0.536. The van der Waals surface area contributed by atoms with Crippen LogP contribution in [0.15, 0.2) is 72.9 Å². The SMILES string of the molecule is CCC(C)(C)C(=O)NCCO[N+]([O-])(O)OCC[P+](C1C=CC=CC1)(C1C=CC=CC1)C1C=CC=CC1. The van der Waals surface area contributed by atoms with Gasteiger partial charge in [-0.25, -0.2) is 0 Å². The molecule has 0 saturated carbocycles. The van der Waals surface area contributed by atoms with Crippen molar-refractivity contribution < 1.29 is 24.8 Å². The van der Waals surface area contributed by atoms with Crippen molar-refractivity contribution in [1.29, 1.82) is 0 Å². The number of carbonyl (C=O) groups excluding carboxylic acids is 1. The third kappa shape index (κ3) is 7.34. The van der Waals surface area contributed by atoms with Crippen molar-refractivity contribution in [1.82, 2.24) is 5.32 Å². The first-order valence-electron chi connectivity index (χ1n) is 13.0. The molecule has 0 aromatic carbocycles. The van der Waals surface area contributed by atoms with Gasteiger partial charge < -0.3 is 10.5 Å². The first-order chi connectivity index (χ1) is 17.2. The third-order valence-electron chi connectivity index (χ3n) is 7.60. The monoisotopic (exact) mass is 517 g/mol. The molecule has 7 nitrogen and oxygen atoms in total. The molecule has 0 radical (unpaired) electrons. The number of quaternary nitrogens is 1. The second kappa shape index (κ2) is 13.1. The van der Waals surface area contributed by atoms with E-state index in [9.17, 15) is 15.2 Å². The average molecular weight is 518 g/mol. The van der Waals surface area contributed by atoms with Crippen LogP contribution in [-0.2, 0) is 14.5 Å². The molecule has 0 heterocycles. The fourth-order valence-electron chi connectivity index (χ4n) is 5.08. The van der Waals surface area contributed by atoms with Crippen LogP contribution in [-0.4, -0.2) is 59.1 Å². The maximum absolute atomic E-state index is 12.5. The normalized spacial score (nSPS) is 26.5. The molecule has 1 amide bonds. The fourth-order valence-corrected chi connectivity index (χ4v) is 10.8. The van der Waals surface area contributed by atoms with Crippen LogP contribution >= 0.6 is 7.26 Å². The highest BCUT2D eigenvalue weighted by molar-refractivity contribution is 7.78. The predicted molar refractivity (Wildman–Crippen MR) is 146 cm³/mol. The van der Waals surface area contributed by atoms with Gasteiger partial charge >= 0.3 is 0 Å². The minimum absolute atomic E-state index is 0.0825. The largest absolute Gasteiger partial charge is 0.529 e. The van der Waals surface area contributed by atoms with Gasteiger partial charge in [0.1, 0.15) is 13.2 Å². The number of carbonyl (C=O) groups is 1. The van der Waals surface area contributed by atoms with E-state index in [-0.39, 0.29) is 25.7 Å². The van der Waals surface area contributed by atoms with E-state index in [1.54, 1.807) is 0 Å². The Morgan fingerprint density at radius 3 is 1.83 bits per heavy atom. The first-order valence-corrected chi connectivity index (χ1v) is 15.2. The Kier molecular flexibility index (Phi) is 10.4. The van der Waals surface area contributed by atoms with Gasteiger partial charge in [0.05, 0.1) is 28.3 Å². The minimum atomic E-state index is -2.23. The summed E-state index contributed by atoms with van der Waals surface area (Å²) in [6, 6.07) is 0. The molecule has 0 fully saturated rings. The summed E-state index contributed by atoms with van der Waals surface area (Å²) >= 11 is 0. The van der Waals surface area contributed by atoms with E-state index in [1.165, 1.54) is 0 Å². The van der Waals surface area contributed by atoms with Crippen LogP contribution in [0.25, 0.3) is 0 Å². The highest BCUT2D eigenvalue weighted by Gasteiger charge is 2.54. The Hall–Kier alpha value is -1.86. The lowest BCUT2D eigenvalue weighted by atomic mass is 9.89. The number of nitrogens with zero attached hydrogens (tertiary/aromatic N) is 1. The van der Waals surface area contributed by atoms with Crippen molar-refractivity contribution in [3.63, 3.8) is 0 Å². The Balaban J connectivity index is 1.66. The van der Waals surface area contributed by atoms with E-state index in [1.807, 2.05) is 20.8 Å². The molecule has 8 heteroatoms. The lowest BCUT2D eigenvalue weighted by Crippen LogP contribution is -2.44. The smallest absolute Gasteiger partial charge is 0.225 e. The summed E-state index contributed by atoms with van der Waals surface area (Å²) in [5.74, 6) is -0.121. The minimum Gasteiger partial charge on any atom is -0.529 e. The zero-order valence-electron chi connectivity index (χ0n) is 21.8. The van der Waals surface area contributed by atoms with Crippen LogP contribution in [0.5, 0.6) is 0 Å². The maximum Gasteiger partial charge on any atom is 0.225 e. The van der Waals surface area contributed by atoms with E-state index in [4.69, 9.17) is 9.68 Å². The lowest BCUT2D eigenvalue weighted by Gasteiger charge is -2.43. The molecular formula is C28H42N2O5P+. The summed E-state index contributed by atoms with van der Waals surface area (Å²) < 4.78 is 0. The van der Waals surface area contributed by atoms with Gasteiger partial charge in [0.25, 0.3) is 0 Å². The molecule has 0 spiro atoms. The van der Waals surface area contributed by atoms with Crippen LogP contribution in [0.2, 0.25) is 0 Å². The molecule has 3 rings (SSSR count). The quantitative estimate of drug-likeness (QED) is 0.140. The van der Waals surface area contributed by atoms with E-state index in [2.05, 4.69) is 78.2 Å². The summed E-state index contributed by atoms with van der Waals surface area (Å²) in [5.41, 5.74) is 0.622. The van der Waals surface area contributed by atoms with Gasteiger partial charge in [-0.1, -0.05) is 75.5 Å². The van der Waals surface area contributed by atoms with Gasteiger partial charge in [0, 0.05) is 38.5 Å². The van der Waals surface area contributed by atoms with Crippen molar-refractivity contribution in [2.24, 2.45) is 5.41 Å². The predicted octanol–water partition coefficient (Wildman–Crippen LogP) is 5.78. The Labute approximate surface area is 216 Å². The summed E-state index contributed by atoms with van der Waals surface area (Å²) in [6.07, 6.45) is 30.6. The molecule has 3 aliphatic rings. The van der Waals surface area contributed by atoms with Crippen molar-refractivity contribution in [2.75, 3.05) is 25.9 Å². The number of allylic oxidation sites excluding steroid dienone is 12. The number of hydrogen-bond donors (Lipinski definition) is 2. The molecule has 2 N–H and O–H groups in total. The van der Waals surface area contributed by atoms with E-state index in [0.29, 0.717) is 29.6 Å². The molecule has 0 bridgehead atoms. The first kappa shape index (κ1) is 28.7. The Morgan fingerprint density at radius 1 is 0.944 bits per heavy atom. The van der Waals surface area contributed by atoms with E-state index in [0.717, 1.165) is 19.3 Å². The molecule has 0 aromatic rings. The standard InChI is InChI=1S/C28H41N2O5P/c1-4-28(2,3)27(31)29-20-21-34-30(32,33)35-22-23-36(24-14-8-5-9-15-24,25-16-10-6-11-17-25)26-18-12-7-13-19-26/h5-14,16,18,24-26,32H,4,15,17,19-23H2,1-3H3/p+1. The van der Waals surface area contributed by atoms with E-state index >= 15 is 0 Å². The van der Waals surface area contributed by atoms with Crippen LogP contribution < -0.4 is 5.32 Å². The van der Waals surface area contributed by atoms with Crippen LogP contribution in [0.3, 0.4) is 0 Å². The number of hydrogen-bond acceptors (Lipinski definition) is 5. The Morgan fingerprint density at radius 2 is 1.42 bits per heavy atom. The summed E-state index contributed by atoms with van der Waals surface area (Å²) in [7, 11) is -1.79. The summed E-state index contributed by atoms with van der Waals surface area (Å²) in [4.78, 5) is 22.6. The maximum atomic E-state index is 12.5. The number of rotatable bonds is 13. The molecule has 198 valence electrons. The highest BCUT2D eigenvalue weighted by Crippen LogP contribution is 2.74. The average Bonchev–Trinajstić information content (AvgIpc) is 2.90. The van der Waals surface area contributed by atoms with Crippen molar-refractivity contribution in [3.8, 4) is 0 Å². The molecule has 36 heavy (non-hydrogen) atoms. The van der Waals surface area contributed by atoms with Crippen LogP contribution in [0.4, 0.5) is 0 Å². The summed E-state index contributed by atoms with van der Waals surface area (Å²) in [5, 5.41) is 23.2. The van der Waals surface area contributed by atoms with Gasteiger partial charge in [0.15, 0.2) is 0 Å². The number of nitrogens with one attached hydrogen (secondary N) is 1. The number of amides is 1. The molecule has 0 aromatic heterocycles. The van der Waals surface area contributed by atoms with Crippen LogP contribution in [0, 0.1) is 10.6 Å². The Bertz CT molecular complexity index is 845. The van der Waals surface area contributed by atoms with Gasteiger partial charge in [-0.2, -0.15) is 0 Å². The lowest BCUT2D eigenvalue weighted by molar-refractivity contribution is -1.34. The molecule has 3 aliphatic carbocycles. The second-order valence-electron chi connectivity index (χ2n) is 10.2. The topological polar surface area (TPSA) is 90.9 Å². The molecule has 4 unspecified atom stereocenters. The van der Waals surface area contributed by atoms with Crippen LogP contribution in [0.1, 0.15) is 46.5 Å². The van der Waals surface area contributed by atoms with Crippen molar-refractivity contribution in [2.45, 2.75) is 63.4 Å². The highest BCUT2D eigenvalue weighted by atomic mass is 31.2. The van der Waals surface area contributed by atoms with Crippen molar-refractivity contribution in [3.05, 3.63) is 78.1 Å². The molecule has 0 aliphatic heterocycles. The summed E-state index contributed by atoms with van der Waals surface area (Å²) in [6.45, 7) is 5.69. The van der Waals surface area contributed by atoms with Gasteiger partial charge in [-0.3, -0.25) is 4.79 Å². The zero-order valence-corrected chi connectivity index (χ0v) is 22.7. The molecule has 0 saturated heterocycles. The van der Waals surface area contributed by atoms with Gasteiger partial charge in [-0.15, -0.1) is 14.9 Å². The van der Waals surface area contributed by atoms with Gasteiger partial charge in [-0.05, 0) is 24.6 Å². The second-order valence-corrected chi connectivity index (χ2v) is 14.6. The molecular weight excluding hydrogens is 475 g/mol. The van der Waals surface area contributed by atoms with Crippen molar-refractivity contribution >= 4 is 13.2 Å². The third-order valence-corrected chi connectivity index (χ3v) is 13.4. The van der Waals surface area contributed by atoms with Gasteiger partial charge in [0.2, 0.25) is 5.91 Å².